The Kier molecular flexibility index (Phi) is 4.57. The van der Waals surface area contributed by atoms with Crippen LogP contribution in [0.1, 0.15) is 25.3 Å². The van der Waals surface area contributed by atoms with Gasteiger partial charge in [-0.05, 0) is 42.7 Å². The van der Waals surface area contributed by atoms with E-state index in [9.17, 15) is 9.59 Å². The van der Waals surface area contributed by atoms with Gasteiger partial charge in [-0.15, -0.1) is 11.8 Å². The molecule has 1 unspecified atom stereocenters. The molecule has 0 aromatic heterocycles. The summed E-state index contributed by atoms with van der Waals surface area (Å²) in [6.07, 6.45) is 2.94. The lowest BCUT2D eigenvalue weighted by molar-refractivity contribution is -0.119. The normalized spacial score (nSPS) is 21.0. The molecule has 0 saturated carbocycles. The average molecular weight is 320 g/mol. The molecule has 2 amide bonds. The third-order valence-electron chi connectivity index (χ3n) is 3.91. The summed E-state index contributed by atoms with van der Waals surface area (Å²) in [6, 6.07) is 6.21. The summed E-state index contributed by atoms with van der Waals surface area (Å²) in [7, 11) is 0. The van der Waals surface area contributed by atoms with Crippen molar-refractivity contribution in [2.24, 2.45) is 0 Å². The number of ether oxygens (including phenoxy) is 1. The van der Waals surface area contributed by atoms with Crippen LogP contribution in [0.25, 0.3) is 0 Å². The lowest BCUT2D eigenvalue weighted by Crippen LogP contribution is -2.33. The van der Waals surface area contributed by atoms with Crippen LogP contribution in [-0.4, -0.2) is 36.9 Å². The standard InChI is InChI=1S/C16H20N2O3S/c1-11(19)17-9-14-10-18(16(20)21-14)13-6-5-12-4-2-3-7-22-15(12)8-13/h5-6,8,14H,2-4,7,9-10H2,1H3,(H,17,19). The van der Waals surface area contributed by atoms with Crippen molar-refractivity contribution in [2.75, 3.05) is 23.7 Å². The summed E-state index contributed by atoms with van der Waals surface area (Å²) in [5.74, 6) is 1.02. The monoisotopic (exact) mass is 320 g/mol. The Bertz CT molecular complexity index is 591. The molecule has 5 nitrogen and oxygen atoms in total. The van der Waals surface area contributed by atoms with E-state index in [0.29, 0.717) is 13.1 Å². The van der Waals surface area contributed by atoms with Crippen LogP contribution in [0.2, 0.25) is 0 Å². The van der Waals surface area contributed by atoms with E-state index >= 15 is 0 Å². The second-order valence-corrected chi connectivity index (χ2v) is 6.79. The van der Waals surface area contributed by atoms with Crippen molar-refractivity contribution in [1.82, 2.24) is 5.32 Å². The third kappa shape index (κ3) is 3.38. The number of hydrogen-bond acceptors (Lipinski definition) is 4. The molecule has 2 heterocycles. The third-order valence-corrected chi connectivity index (χ3v) is 5.10. The fraction of sp³-hybridized carbons (Fsp3) is 0.500. The molecule has 3 rings (SSSR count). The van der Waals surface area contributed by atoms with Gasteiger partial charge in [0, 0.05) is 17.5 Å². The van der Waals surface area contributed by atoms with E-state index in [1.165, 1.54) is 30.2 Å². The Morgan fingerprint density at radius 2 is 2.32 bits per heavy atom. The molecular formula is C16H20N2O3S. The van der Waals surface area contributed by atoms with Gasteiger partial charge < -0.3 is 10.1 Å². The minimum atomic E-state index is -0.339. The first kappa shape index (κ1) is 15.2. The second kappa shape index (κ2) is 6.60. The molecule has 0 bridgehead atoms. The number of amides is 2. The molecular weight excluding hydrogens is 300 g/mol. The molecule has 2 aliphatic rings. The number of carbonyl (C=O) groups is 2. The topological polar surface area (TPSA) is 58.6 Å². The summed E-state index contributed by atoms with van der Waals surface area (Å²) in [6.45, 7) is 2.29. The smallest absolute Gasteiger partial charge is 0.414 e. The van der Waals surface area contributed by atoms with Crippen molar-refractivity contribution in [3.63, 3.8) is 0 Å². The van der Waals surface area contributed by atoms with Gasteiger partial charge in [0.05, 0.1) is 13.1 Å². The van der Waals surface area contributed by atoms with E-state index in [1.54, 1.807) is 4.90 Å². The van der Waals surface area contributed by atoms with Gasteiger partial charge in [0.15, 0.2) is 0 Å². The van der Waals surface area contributed by atoms with Gasteiger partial charge >= 0.3 is 6.09 Å². The van der Waals surface area contributed by atoms with Crippen LogP contribution in [0.15, 0.2) is 23.1 Å². The Morgan fingerprint density at radius 3 is 3.14 bits per heavy atom. The molecule has 1 N–H and O–H groups in total. The number of aryl methyl sites for hydroxylation is 1. The molecule has 2 aliphatic heterocycles. The molecule has 0 aliphatic carbocycles. The van der Waals surface area contributed by atoms with Crippen LogP contribution in [0, 0.1) is 0 Å². The number of benzene rings is 1. The number of hydrogen-bond donors (Lipinski definition) is 1. The molecule has 1 aromatic carbocycles. The number of cyclic esters (lactones) is 1. The Hall–Kier alpha value is -1.69. The van der Waals surface area contributed by atoms with Gasteiger partial charge in [0.2, 0.25) is 5.91 Å². The molecule has 0 spiro atoms. The van der Waals surface area contributed by atoms with Crippen molar-refractivity contribution in [2.45, 2.75) is 37.2 Å². The van der Waals surface area contributed by atoms with E-state index < -0.39 is 0 Å². The minimum Gasteiger partial charge on any atom is -0.442 e. The lowest BCUT2D eigenvalue weighted by Gasteiger charge is -2.15. The molecule has 22 heavy (non-hydrogen) atoms. The van der Waals surface area contributed by atoms with Crippen molar-refractivity contribution in [3.8, 4) is 0 Å². The van der Waals surface area contributed by atoms with E-state index in [1.807, 2.05) is 17.8 Å². The van der Waals surface area contributed by atoms with Crippen LogP contribution in [0.4, 0.5) is 10.5 Å². The summed E-state index contributed by atoms with van der Waals surface area (Å²) in [5, 5.41) is 2.69. The maximum Gasteiger partial charge on any atom is 0.414 e. The quantitative estimate of drug-likeness (QED) is 0.930. The second-order valence-electron chi connectivity index (χ2n) is 5.65. The molecule has 1 saturated heterocycles. The van der Waals surface area contributed by atoms with Gasteiger partial charge in [0.25, 0.3) is 0 Å². The van der Waals surface area contributed by atoms with Gasteiger partial charge in [0.1, 0.15) is 6.10 Å². The first-order valence-electron chi connectivity index (χ1n) is 7.62. The lowest BCUT2D eigenvalue weighted by atomic mass is 10.1. The highest BCUT2D eigenvalue weighted by Gasteiger charge is 2.32. The van der Waals surface area contributed by atoms with Crippen molar-refractivity contribution in [3.05, 3.63) is 23.8 Å². The summed E-state index contributed by atoms with van der Waals surface area (Å²) < 4.78 is 5.31. The van der Waals surface area contributed by atoms with E-state index in [2.05, 4.69) is 17.4 Å². The minimum absolute atomic E-state index is 0.115. The Balaban J connectivity index is 1.72. The molecule has 1 atom stereocenters. The Labute approximate surface area is 134 Å². The largest absolute Gasteiger partial charge is 0.442 e. The zero-order chi connectivity index (χ0) is 15.5. The fourth-order valence-corrected chi connectivity index (χ4v) is 3.88. The highest BCUT2D eigenvalue weighted by molar-refractivity contribution is 7.99. The molecule has 0 radical (unpaired) electrons. The van der Waals surface area contributed by atoms with Gasteiger partial charge in [-0.2, -0.15) is 0 Å². The highest BCUT2D eigenvalue weighted by atomic mass is 32.2. The van der Waals surface area contributed by atoms with Crippen molar-refractivity contribution in [1.29, 1.82) is 0 Å². The maximum absolute atomic E-state index is 12.0. The van der Waals surface area contributed by atoms with Gasteiger partial charge in [-0.25, -0.2) is 4.79 Å². The molecule has 118 valence electrons. The first-order valence-corrected chi connectivity index (χ1v) is 8.60. The SMILES string of the molecule is CC(=O)NCC1CN(c2ccc3c(c2)SCCCC3)C(=O)O1. The van der Waals surface area contributed by atoms with Crippen LogP contribution in [-0.2, 0) is 16.0 Å². The van der Waals surface area contributed by atoms with Gasteiger partial charge in [-0.1, -0.05) is 6.07 Å². The zero-order valence-electron chi connectivity index (χ0n) is 12.6. The molecule has 1 aromatic rings. The fourth-order valence-electron chi connectivity index (χ4n) is 2.75. The number of nitrogens with zero attached hydrogens (tertiary/aromatic N) is 1. The number of rotatable bonds is 3. The van der Waals surface area contributed by atoms with Crippen LogP contribution >= 0.6 is 11.8 Å². The van der Waals surface area contributed by atoms with E-state index in [4.69, 9.17) is 4.74 Å². The summed E-state index contributed by atoms with van der Waals surface area (Å²) >= 11 is 1.86. The predicted octanol–water partition coefficient (Wildman–Crippen LogP) is 2.58. The van der Waals surface area contributed by atoms with Crippen LogP contribution < -0.4 is 10.2 Å². The number of carbonyl (C=O) groups excluding carboxylic acids is 2. The molecule has 6 heteroatoms. The van der Waals surface area contributed by atoms with Crippen molar-refractivity contribution >= 4 is 29.4 Å². The molecule has 1 fully saturated rings. The number of nitrogens with one attached hydrogen (secondary N) is 1. The highest BCUT2D eigenvalue weighted by Crippen LogP contribution is 2.33. The maximum atomic E-state index is 12.0. The Morgan fingerprint density at radius 1 is 1.45 bits per heavy atom. The first-order chi connectivity index (χ1) is 10.6. The summed E-state index contributed by atoms with van der Waals surface area (Å²) in [5.41, 5.74) is 2.25. The summed E-state index contributed by atoms with van der Waals surface area (Å²) in [4.78, 5) is 25.9. The number of thioether (sulfide) groups is 1. The van der Waals surface area contributed by atoms with E-state index in [-0.39, 0.29) is 18.1 Å². The van der Waals surface area contributed by atoms with Crippen LogP contribution in [0.3, 0.4) is 0 Å². The zero-order valence-corrected chi connectivity index (χ0v) is 13.4. The average Bonchev–Trinajstić information content (AvgIpc) is 2.71. The van der Waals surface area contributed by atoms with E-state index in [0.717, 1.165) is 17.9 Å². The van der Waals surface area contributed by atoms with Gasteiger partial charge in [-0.3, -0.25) is 9.69 Å². The number of anilines is 1. The number of fused-ring (bicyclic) bond motifs is 1. The van der Waals surface area contributed by atoms with Crippen LogP contribution in [0.5, 0.6) is 0 Å². The van der Waals surface area contributed by atoms with Crippen molar-refractivity contribution < 1.29 is 14.3 Å². The predicted molar refractivity (Wildman–Crippen MR) is 86.4 cm³/mol.